The molecule has 2 aromatic rings. The topological polar surface area (TPSA) is 256 Å². The smallest absolute Gasteiger partial charge is 0.351 e. The van der Waals surface area contributed by atoms with Crippen LogP contribution in [-0.4, -0.2) is 99.5 Å². The zero-order valence-electron chi connectivity index (χ0n) is 16.3. The fourth-order valence-electron chi connectivity index (χ4n) is 4.10. The summed E-state index contributed by atoms with van der Waals surface area (Å²) in [6, 6.07) is 0. The molecule has 6 atom stereocenters. The lowest BCUT2D eigenvalue weighted by molar-refractivity contribution is -0.341. The predicted octanol–water partition coefficient (Wildman–Crippen LogP) is -3.90. The molecule has 2 aliphatic heterocycles. The van der Waals surface area contributed by atoms with Crippen LogP contribution in [0.5, 0.6) is 0 Å². The molecule has 1 unspecified atom stereocenters. The van der Waals surface area contributed by atoms with E-state index in [1.165, 1.54) is 0 Å². The maximum Gasteiger partial charge on any atom is 0.351 e. The van der Waals surface area contributed by atoms with Gasteiger partial charge in [0.05, 0.1) is 25.6 Å². The molecule has 16 nitrogen and oxygen atoms in total. The van der Waals surface area contributed by atoms with Gasteiger partial charge in [-0.1, -0.05) is 0 Å². The average Bonchev–Trinajstić information content (AvgIpc) is 3.38. The Bertz CT molecular complexity index is 1120. The number of aromatic amines is 1. The van der Waals surface area contributed by atoms with E-state index in [4.69, 9.17) is 19.9 Å². The monoisotopic (exact) mass is 479 g/mol. The highest BCUT2D eigenvalue weighted by Gasteiger charge is 2.72. The van der Waals surface area contributed by atoms with Crippen molar-refractivity contribution < 1.29 is 49.0 Å². The third-order valence-corrected chi connectivity index (χ3v) is 5.89. The van der Waals surface area contributed by atoms with Gasteiger partial charge >= 0.3 is 7.60 Å². The number of fused-ring (bicyclic) bond motifs is 1. The first-order valence-corrected chi connectivity index (χ1v) is 11.1. The van der Waals surface area contributed by atoms with Crippen molar-refractivity contribution in [3.63, 3.8) is 0 Å². The molecule has 2 aliphatic rings. The summed E-state index contributed by atoms with van der Waals surface area (Å²) in [5.41, 5.74) is 1.98. The second-order valence-electron chi connectivity index (χ2n) is 7.56. The SMILES string of the molecule is Nc1nc2c(ncn2[C@]2(C3C[C@H](O)CO3)O[C@H](CO)[C@@H](O)[C@]2(O)OCP(=O)(O)O)c(=O)[nH]1. The van der Waals surface area contributed by atoms with E-state index in [-0.39, 0.29) is 30.1 Å². The molecule has 9 N–H and O–H groups in total. The van der Waals surface area contributed by atoms with Gasteiger partial charge in [0.15, 0.2) is 17.5 Å². The Morgan fingerprint density at radius 3 is 2.72 bits per heavy atom. The summed E-state index contributed by atoms with van der Waals surface area (Å²) in [6.07, 6.45) is -6.48. The zero-order chi connectivity index (χ0) is 23.5. The number of hydrogen-bond donors (Lipinski definition) is 8. The number of nitrogen functional groups attached to an aromatic ring is 1. The second kappa shape index (κ2) is 7.81. The van der Waals surface area contributed by atoms with Crippen molar-refractivity contribution in [2.24, 2.45) is 0 Å². The van der Waals surface area contributed by atoms with Crippen molar-refractivity contribution in [3.05, 3.63) is 16.7 Å². The molecule has 0 bridgehead atoms. The van der Waals surface area contributed by atoms with Crippen molar-refractivity contribution in [3.8, 4) is 0 Å². The third kappa shape index (κ3) is 3.45. The van der Waals surface area contributed by atoms with Crippen LogP contribution in [0.4, 0.5) is 5.95 Å². The van der Waals surface area contributed by atoms with Crippen molar-refractivity contribution in [1.29, 1.82) is 0 Å². The zero-order valence-corrected chi connectivity index (χ0v) is 17.2. The molecule has 0 aliphatic carbocycles. The van der Waals surface area contributed by atoms with Gasteiger partial charge in [0.2, 0.25) is 17.5 Å². The molecule has 178 valence electrons. The van der Waals surface area contributed by atoms with E-state index in [0.29, 0.717) is 0 Å². The minimum atomic E-state index is -4.87. The molecule has 0 amide bonds. The largest absolute Gasteiger partial charge is 0.394 e. The lowest BCUT2D eigenvalue weighted by atomic mass is 9.90. The molecule has 0 spiro atoms. The fraction of sp³-hybridized carbons (Fsp3) is 0.667. The number of nitrogens with zero attached hydrogens (tertiary/aromatic N) is 3. The van der Waals surface area contributed by atoms with E-state index in [0.717, 1.165) is 10.9 Å². The number of aromatic nitrogens is 4. The van der Waals surface area contributed by atoms with Crippen LogP contribution in [0.25, 0.3) is 11.2 Å². The average molecular weight is 479 g/mol. The molecule has 2 saturated heterocycles. The Hall–Kier alpha value is -1.98. The Labute approximate surface area is 178 Å². The fourth-order valence-corrected chi connectivity index (χ4v) is 4.46. The van der Waals surface area contributed by atoms with E-state index in [2.05, 4.69) is 15.0 Å². The van der Waals surface area contributed by atoms with Crippen LogP contribution in [0.15, 0.2) is 11.1 Å². The number of H-pyrrole nitrogens is 1. The van der Waals surface area contributed by atoms with Gasteiger partial charge in [-0.15, -0.1) is 0 Å². The number of anilines is 1. The van der Waals surface area contributed by atoms with Gasteiger partial charge in [0.25, 0.3) is 5.56 Å². The van der Waals surface area contributed by atoms with Crippen LogP contribution >= 0.6 is 7.60 Å². The number of nitrogens with one attached hydrogen (secondary N) is 1. The van der Waals surface area contributed by atoms with E-state index in [9.17, 15) is 39.6 Å². The minimum absolute atomic E-state index is 0.190. The summed E-state index contributed by atoms with van der Waals surface area (Å²) in [7, 11) is -4.87. The first kappa shape index (κ1) is 23.2. The molecule has 0 saturated carbocycles. The van der Waals surface area contributed by atoms with Crippen molar-refractivity contribution in [2.45, 2.75) is 42.3 Å². The standard InChI is InChI=1S/C15H22N5O11P/c16-13-18-11-9(12(24)19-13)17-4-20(11)14(8-1-6(22)3-29-8)15(25,30-5-32(26,27)28)10(23)7(2-21)31-14/h4,6-8,10,21-23,25H,1-3,5H2,(H2,26,27,28)(H3,16,18,19,24)/t6-,7+,8?,10+,14+,15-/m0/s1. The first-order chi connectivity index (χ1) is 14.9. The highest BCUT2D eigenvalue weighted by atomic mass is 31.2. The van der Waals surface area contributed by atoms with Crippen LogP contribution in [0.3, 0.4) is 0 Å². The summed E-state index contributed by atoms with van der Waals surface area (Å²) in [5, 5.41) is 42.1. The highest BCUT2D eigenvalue weighted by Crippen LogP contribution is 2.52. The van der Waals surface area contributed by atoms with Crippen LogP contribution in [0.2, 0.25) is 0 Å². The molecule has 2 fully saturated rings. The molecule has 32 heavy (non-hydrogen) atoms. The summed E-state index contributed by atoms with van der Waals surface area (Å²) in [6.45, 7) is -1.06. The van der Waals surface area contributed by atoms with Gasteiger partial charge in [-0.05, 0) is 0 Å². The molecule has 0 aromatic carbocycles. The number of imidazole rings is 1. The molecule has 4 rings (SSSR count). The summed E-state index contributed by atoms with van der Waals surface area (Å²) >= 11 is 0. The van der Waals surface area contributed by atoms with Gasteiger partial charge in [0.1, 0.15) is 18.3 Å². The summed E-state index contributed by atoms with van der Waals surface area (Å²) in [4.78, 5) is 41.0. The molecule has 4 heterocycles. The number of aliphatic hydroxyl groups is 4. The Balaban J connectivity index is 1.99. The highest BCUT2D eigenvalue weighted by molar-refractivity contribution is 7.51. The molecule has 2 aromatic heterocycles. The van der Waals surface area contributed by atoms with Crippen LogP contribution in [-0.2, 0) is 24.5 Å². The van der Waals surface area contributed by atoms with Gasteiger partial charge in [0, 0.05) is 6.42 Å². The van der Waals surface area contributed by atoms with Crippen molar-refractivity contribution in [1.82, 2.24) is 19.5 Å². The maximum atomic E-state index is 12.3. The second-order valence-corrected chi connectivity index (χ2v) is 9.15. The molecular weight excluding hydrogens is 457 g/mol. The molecule has 17 heteroatoms. The summed E-state index contributed by atoms with van der Waals surface area (Å²) < 4.78 is 29.0. The van der Waals surface area contributed by atoms with Crippen LogP contribution in [0, 0.1) is 0 Å². The number of aliphatic hydroxyl groups excluding tert-OH is 3. The molecular formula is C15H22N5O11P. The van der Waals surface area contributed by atoms with E-state index in [1.807, 2.05) is 0 Å². The maximum absolute atomic E-state index is 12.3. The third-order valence-electron chi connectivity index (χ3n) is 5.43. The van der Waals surface area contributed by atoms with Crippen molar-refractivity contribution >= 4 is 24.7 Å². The molecule has 0 radical (unpaired) electrons. The van der Waals surface area contributed by atoms with E-state index >= 15 is 0 Å². The van der Waals surface area contributed by atoms with E-state index < -0.39 is 62.0 Å². The Morgan fingerprint density at radius 2 is 2.12 bits per heavy atom. The van der Waals surface area contributed by atoms with Gasteiger partial charge in [-0.25, -0.2) is 4.98 Å². The van der Waals surface area contributed by atoms with Crippen molar-refractivity contribution in [2.75, 3.05) is 25.3 Å². The number of rotatable bonds is 6. The Kier molecular flexibility index (Phi) is 5.66. The minimum Gasteiger partial charge on any atom is -0.394 e. The van der Waals surface area contributed by atoms with Crippen LogP contribution in [0.1, 0.15) is 6.42 Å². The lowest BCUT2D eigenvalue weighted by Gasteiger charge is -2.44. The number of hydrogen-bond acceptors (Lipinski definition) is 12. The Morgan fingerprint density at radius 1 is 1.41 bits per heavy atom. The lowest BCUT2D eigenvalue weighted by Crippen LogP contribution is -2.64. The van der Waals surface area contributed by atoms with E-state index in [1.54, 1.807) is 0 Å². The summed E-state index contributed by atoms with van der Waals surface area (Å²) in [5.74, 6) is -3.30. The normalized spacial score (nSPS) is 35.7. The quantitative estimate of drug-likeness (QED) is 0.146. The number of ether oxygens (including phenoxy) is 3. The number of nitrogens with two attached hydrogens (primary N) is 1. The predicted molar refractivity (Wildman–Crippen MR) is 102 cm³/mol. The van der Waals surface area contributed by atoms with Gasteiger partial charge < -0.3 is 50.2 Å². The first-order valence-electron chi connectivity index (χ1n) is 9.33. The van der Waals surface area contributed by atoms with Gasteiger partial charge in [-0.2, -0.15) is 4.98 Å². The van der Waals surface area contributed by atoms with Crippen LogP contribution < -0.4 is 11.3 Å². The van der Waals surface area contributed by atoms with Gasteiger partial charge in [-0.3, -0.25) is 18.9 Å².